The molecule has 0 aliphatic rings. The molecule has 0 aliphatic carbocycles. The second-order valence-corrected chi connectivity index (χ2v) is 5.07. The normalized spacial score (nSPS) is 12.4. The van der Waals surface area contributed by atoms with Crippen molar-refractivity contribution in [3.8, 4) is 5.75 Å². The molecule has 1 rings (SSSR count). The highest BCUT2D eigenvalue weighted by atomic mass is 79.9. The van der Waals surface area contributed by atoms with Crippen molar-refractivity contribution in [3.63, 3.8) is 0 Å². The minimum Gasteiger partial charge on any atom is -0.492 e. The molecule has 0 spiro atoms. The molecule has 0 bridgehead atoms. The number of rotatable bonds is 8. The highest BCUT2D eigenvalue weighted by Crippen LogP contribution is 2.15. The van der Waals surface area contributed by atoms with Crippen LogP contribution in [0, 0.1) is 0 Å². The number of hydrogen-bond acceptors (Lipinski definition) is 2. The Bertz CT molecular complexity index is 300. The van der Waals surface area contributed by atoms with Gasteiger partial charge in [0, 0.05) is 17.1 Å². The first-order chi connectivity index (χ1) is 8.26. The number of benzene rings is 1. The summed E-state index contributed by atoms with van der Waals surface area (Å²) in [5.41, 5.74) is 0. The van der Waals surface area contributed by atoms with Crippen molar-refractivity contribution < 1.29 is 4.74 Å². The first-order valence-corrected chi connectivity index (χ1v) is 7.17. The van der Waals surface area contributed by atoms with E-state index >= 15 is 0 Å². The summed E-state index contributed by atoms with van der Waals surface area (Å²) in [4.78, 5) is 0. The number of halogens is 1. The minimum absolute atomic E-state index is 0.633. The third-order valence-electron chi connectivity index (χ3n) is 2.75. The molecule has 3 heteroatoms. The maximum absolute atomic E-state index is 5.65. The first kappa shape index (κ1) is 14.5. The lowest BCUT2D eigenvalue weighted by atomic mass is 10.1. The average molecular weight is 300 g/mol. The molecule has 1 unspecified atom stereocenters. The van der Waals surface area contributed by atoms with Gasteiger partial charge in [-0.25, -0.2) is 0 Å². The lowest BCUT2D eigenvalue weighted by molar-refractivity contribution is 0.300. The van der Waals surface area contributed by atoms with Crippen molar-refractivity contribution in [3.05, 3.63) is 28.7 Å². The molecule has 0 aromatic heterocycles. The zero-order valence-corrected chi connectivity index (χ0v) is 12.3. The Morgan fingerprint density at radius 3 is 2.53 bits per heavy atom. The average Bonchev–Trinajstić information content (AvgIpc) is 2.35. The molecule has 0 aliphatic heterocycles. The largest absolute Gasteiger partial charge is 0.492 e. The van der Waals surface area contributed by atoms with Gasteiger partial charge in [0.1, 0.15) is 12.4 Å². The second kappa shape index (κ2) is 8.54. The molecule has 0 heterocycles. The molecule has 2 nitrogen and oxygen atoms in total. The van der Waals surface area contributed by atoms with Gasteiger partial charge in [-0.2, -0.15) is 0 Å². The smallest absolute Gasteiger partial charge is 0.119 e. The van der Waals surface area contributed by atoms with Crippen LogP contribution in [0.25, 0.3) is 0 Å². The summed E-state index contributed by atoms with van der Waals surface area (Å²) in [6.45, 7) is 6.09. The summed E-state index contributed by atoms with van der Waals surface area (Å²) in [6, 6.07) is 8.58. The molecule has 17 heavy (non-hydrogen) atoms. The SMILES string of the molecule is CCCC(CC)NCCOc1ccc(Br)cc1. The van der Waals surface area contributed by atoms with Crippen molar-refractivity contribution in [2.45, 2.75) is 39.2 Å². The Morgan fingerprint density at radius 2 is 1.94 bits per heavy atom. The van der Waals surface area contributed by atoms with Gasteiger partial charge in [0.05, 0.1) is 0 Å². The van der Waals surface area contributed by atoms with Gasteiger partial charge >= 0.3 is 0 Å². The van der Waals surface area contributed by atoms with E-state index in [0.717, 1.165) is 23.4 Å². The molecule has 0 saturated carbocycles. The van der Waals surface area contributed by atoms with Crippen LogP contribution in [0.5, 0.6) is 5.75 Å². The van der Waals surface area contributed by atoms with Crippen LogP contribution >= 0.6 is 15.9 Å². The van der Waals surface area contributed by atoms with Gasteiger partial charge in [-0.3, -0.25) is 0 Å². The number of nitrogens with one attached hydrogen (secondary N) is 1. The van der Waals surface area contributed by atoms with Crippen LogP contribution in [-0.4, -0.2) is 19.2 Å². The fourth-order valence-electron chi connectivity index (χ4n) is 1.76. The standard InChI is InChI=1S/C14H22BrNO/c1-3-5-13(4-2)16-10-11-17-14-8-6-12(15)7-9-14/h6-9,13,16H,3-5,10-11H2,1-2H3. The van der Waals surface area contributed by atoms with Gasteiger partial charge in [-0.15, -0.1) is 0 Å². The van der Waals surface area contributed by atoms with Crippen LogP contribution in [-0.2, 0) is 0 Å². The van der Waals surface area contributed by atoms with Gasteiger partial charge in [-0.05, 0) is 37.1 Å². The molecule has 0 saturated heterocycles. The van der Waals surface area contributed by atoms with Gasteiger partial charge in [0.2, 0.25) is 0 Å². The van der Waals surface area contributed by atoms with Crippen LogP contribution in [0.2, 0.25) is 0 Å². The van der Waals surface area contributed by atoms with Crippen LogP contribution in [0.1, 0.15) is 33.1 Å². The Kier molecular flexibility index (Phi) is 7.29. The third-order valence-corrected chi connectivity index (χ3v) is 3.28. The van der Waals surface area contributed by atoms with Crippen LogP contribution in [0.4, 0.5) is 0 Å². The number of hydrogen-bond donors (Lipinski definition) is 1. The van der Waals surface area contributed by atoms with Gasteiger partial charge in [0.25, 0.3) is 0 Å². The Balaban J connectivity index is 2.17. The van der Waals surface area contributed by atoms with Crippen molar-refractivity contribution in [1.82, 2.24) is 5.32 Å². The zero-order chi connectivity index (χ0) is 12.5. The Hall–Kier alpha value is -0.540. The quantitative estimate of drug-likeness (QED) is 0.733. The van der Waals surface area contributed by atoms with Gasteiger partial charge < -0.3 is 10.1 Å². The summed E-state index contributed by atoms with van der Waals surface area (Å²) in [6.07, 6.45) is 3.67. The summed E-state index contributed by atoms with van der Waals surface area (Å²) >= 11 is 3.41. The fourth-order valence-corrected chi connectivity index (χ4v) is 2.03. The Morgan fingerprint density at radius 1 is 1.24 bits per heavy atom. The first-order valence-electron chi connectivity index (χ1n) is 6.38. The topological polar surface area (TPSA) is 21.3 Å². The van der Waals surface area contributed by atoms with Crippen molar-refractivity contribution in [2.75, 3.05) is 13.2 Å². The van der Waals surface area contributed by atoms with Gasteiger partial charge in [0.15, 0.2) is 0 Å². The second-order valence-electron chi connectivity index (χ2n) is 4.15. The van der Waals surface area contributed by atoms with E-state index in [0.29, 0.717) is 6.04 Å². The van der Waals surface area contributed by atoms with Crippen molar-refractivity contribution in [2.24, 2.45) is 0 Å². The summed E-state index contributed by atoms with van der Waals surface area (Å²) in [5.74, 6) is 0.929. The molecule has 1 aromatic carbocycles. The van der Waals surface area contributed by atoms with E-state index in [1.807, 2.05) is 24.3 Å². The maximum atomic E-state index is 5.65. The fraction of sp³-hybridized carbons (Fsp3) is 0.571. The predicted molar refractivity (Wildman–Crippen MR) is 76.6 cm³/mol. The Labute approximate surface area is 113 Å². The molecule has 0 radical (unpaired) electrons. The van der Waals surface area contributed by atoms with E-state index in [-0.39, 0.29) is 0 Å². The van der Waals surface area contributed by atoms with E-state index in [4.69, 9.17) is 4.74 Å². The molecule has 0 fully saturated rings. The third kappa shape index (κ3) is 6.08. The molecule has 1 aromatic rings. The van der Waals surface area contributed by atoms with E-state index in [1.165, 1.54) is 19.3 Å². The van der Waals surface area contributed by atoms with Crippen molar-refractivity contribution >= 4 is 15.9 Å². The minimum atomic E-state index is 0.633. The van der Waals surface area contributed by atoms with E-state index < -0.39 is 0 Å². The van der Waals surface area contributed by atoms with Crippen LogP contribution in [0.3, 0.4) is 0 Å². The van der Waals surface area contributed by atoms with Crippen LogP contribution in [0.15, 0.2) is 28.7 Å². The van der Waals surface area contributed by atoms with Crippen LogP contribution < -0.4 is 10.1 Å². The summed E-state index contributed by atoms with van der Waals surface area (Å²) in [5, 5.41) is 3.52. The predicted octanol–water partition coefficient (Wildman–Crippen LogP) is 4.00. The molecule has 1 atom stereocenters. The van der Waals surface area contributed by atoms with Gasteiger partial charge in [-0.1, -0.05) is 36.2 Å². The molecular weight excluding hydrogens is 278 g/mol. The lowest BCUT2D eigenvalue weighted by Crippen LogP contribution is -2.31. The van der Waals surface area contributed by atoms with E-state index in [1.54, 1.807) is 0 Å². The molecular formula is C14H22BrNO. The molecule has 1 N–H and O–H groups in total. The lowest BCUT2D eigenvalue weighted by Gasteiger charge is -2.16. The highest BCUT2D eigenvalue weighted by molar-refractivity contribution is 9.10. The highest BCUT2D eigenvalue weighted by Gasteiger charge is 2.03. The maximum Gasteiger partial charge on any atom is 0.119 e. The molecule has 96 valence electrons. The van der Waals surface area contributed by atoms with E-state index in [9.17, 15) is 0 Å². The van der Waals surface area contributed by atoms with E-state index in [2.05, 4.69) is 35.1 Å². The monoisotopic (exact) mass is 299 g/mol. The summed E-state index contributed by atoms with van der Waals surface area (Å²) < 4.78 is 6.73. The zero-order valence-electron chi connectivity index (χ0n) is 10.7. The number of ether oxygens (including phenoxy) is 1. The van der Waals surface area contributed by atoms with Crippen molar-refractivity contribution in [1.29, 1.82) is 0 Å². The molecule has 0 amide bonds. The summed E-state index contributed by atoms with van der Waals surface area (Å²) in [7, 11) is 0.